The summed E-state index contributed by atoms with van der Waals surface area (Å²) >= 11 is 0. The maximum atomic E-state index is 13.1. The fourth-order valence-electron chi connectivity index (χ4n) is 4.01. The van der Waals surface area contributed by atoms with Crippen LogP contribution >= 0.6 is 0 Å². The van der Waals surface area contributed by atoms with E-state index in [4.69, 9.17) is 0 Å². The van der Waals surface area contributed by atoms with Crippen molar-refractivity contribution < 1.29 is 14.3 Å². The van der Waals surface area contributed by atoms with Crippen molar-refractivity contribution in [2.45, 2.75) is 40.0 Å². The second kappa shape index (κ2) is 13.9. The van der Waals surface area contributed by atoms with Crippen molar-refractivity contribution in [3.63, 3.8) is 0 Å². The Morgan fingerprint density at radius 2 is 1.84 bits per heavy atom. The second-order valence-electron chi connectivity index (χ2n) is 8.75. The Bertz CT molecular complexity index is 703. The number of amides is 1. The van der Waals surface area contributed by atoms with Crippen LogP contribution in [0.2, 0.25) is 0 Å². The second-order valence-corrected chi connectivity index (χ2v) is 8.75. The number of guanidine groups is 1. The smallest absolute Gasteiger partial charge is 0.224 e. The van der Waals surface area contributed by atoms with Crippen molar-refractivity contribution >= 4 is 17.6 Å². The largest absolute Gasteiger partial charge is 0.396 e. The lowest BCUT2D eigenvalue weighted by Crippen LogP contribution is -2.49. The van der Waals surface area contributed by atoms with Gasteiger partial charge >= 0.3 is 0 Å². The Hall–Kier alpha value is -2.35. The molecule has 1 fully saturated rings. The highest BCUT2D eigenvalue weighted by Gasteiger charge is 2.21. The predicted molar refractivity (Wildman–Crippen MR) is 128 cm³/mol. The molecule has 1 aromatic rings. The molecule has 1 aliphatic rings. The number of aliphatic hydroxyl groups is 1. The van der Waals surface area contributed by atoms with E-state index in [1.165, 1.54) is 12.1 Å². The predicted octanol–water partition coefficient (Wildman–Crippen LogP) is 2.46. The average Bonchev–Trinajstić information content (AvgIpc) is 2.77. The SMILES string of the molecule is CCNC(=NCC(CCO)CC(C)C)NCCC(=O)N1CCN(c2ccc(F)cc2)CC1. The molecule has 32 heavy (non-hydrogen) atoms. The van der Waals surface area contributed by atoms with Crippen LogP contribution in [0.3, 0.4) is 0 Å². The summed E-state index contributed by atoms with van der Waals surface area (Å²) in [5.74, 6) is 1.53. The Morgan fingerprint density at radius 1 is 1.16 bits per heavy atom. The van der Waals surface area contributed by atoms with Gasteiger partial charge in [0.05, 0.1) is 0 Å². The molecule has 7 nitrogen and oxygen atoms in total. The quantitative estimate of drug-likeness (QED) is 0.357. The lowest BCUT2D eigenvalue weighted by atomic mass is 9.94. The highest BCUT2D eigenvalue weighted by Crippen LogP contribution is 2.17. The van der Waals surface area contributed by atoms with E-state index in [0.717, 1.165) is 38.2 Å². The van der Waals surface area contributed by atoms with E-state index in [-0.39, 0.29) is 18.3 Å². The molecule has 180 valence electrons. The first-order valence-electron chi connectivity index (χ1n) is 11.8. The number of piperazine rings is 1. The number of carbonyl (C=O) groups excluding carboxylic acids is 1. The fourth-order valence-corrected chi connectivity index (χ4v) is 4.01. The standard InChI is InChI=1S/C24H40FN5O2/c1-4-26-24(28-18-20(10-16-31)17-19(2)3)27-11-9-23(32)30-14-12-29(13-15-30)22-7-5-21(25)6-8-22/h5-8,19-20,31H,4,9-18H2,1-3H3,(H2,26,27,28). The summed E-state index contributed by atoms with van der Waals surface area (Å²) in [5.41, 5.74) is 0.989. The molecule has 2 rings (SSSR count). The van der Waals surface area contributed by atoms with Crippen LogP contribution in [0, 0.1) is 17.7 Å². The highest BCUT2D eigenvalue weighted by atomic mass is 19.1. The van der Waals surface area contributed by atoms with Crippen molar-refractivity contribution in [3.05, 3.63) is 30.1 Å². The van der Waals surface area contributed by atoms with Crippen molar-refractivity contribution in [1.29, 1.82) is 0 Å². The Morgan fingerprint density at radius 3 is 2.44 bits per heavy atom. The molecule has 0 aliphatic carbocycles. The molecule has 0 aromatic heterocycles. The van der Waals surface area contributed by atoms with Crippen LogP contribution in [-0.2, 0) is 4.79 Å². The van der Waals surface area contributed by atoms with Gasteiger partial charge in [0, 0.05) is 64.5 Å². The van der Waals surface area contributed by atoms with Gasteiger partial charge in [0.1, 0.15) is 5.82 Å². The third kappa shape index (κ3) is 9.02. The summed E-state index contributed by atoms with van der Waals surface area (Å²) in [6, 6.07) is 6.50. The third-order valence-electron chi connectivity index (χ3n) is 5.65. The number of hydrogen-bond donors (Lipinski definition) is 3. The lowest BCUT2D eigenvalue weighted by Gasteiger charge is -2.36. The minimum atomic E-state index is -0.237. The molecule has 0 bridgehead atoms. The third-order valence-corrected chi connectivity index (χ3v) is 5.65. The average molecular weight is 450 g/mol. The van der Waals surface area contributed by atoms with Crippen molar-refractivity contribution in [3.8, 4) is 0 Å². The van der Waals surface area contributed by atoms with E-state index in [1.807, 2.05) is 11.8 Å². The summed E-state index contributed by atoms with van der Waals surface area (Å²) in [6.45, 7) is 11.3. The van der Waals surface area contributed by atoms with Gasteiger partial charge in [0.2, 0.25) is 5.91 Å². The Balaban J connectivity index is 1.76. The molecular weight excluding hydrogens is 409 g/mol. The molecule has 8 heteroatoms. The zero-order valence-corrected chi connectivity index (χ0v) is 19.8. The summed E-state index contributed by atoms with van der Waals surface area (Å²) < 4.78 is 13.1. The molecule has 1 heterocycles. The summed E-state index contributed by atoms with van der Waals surface area (Å²) in [4.78, 5) is 21.4. The zero-order chi connectivity index (χ0) is 23.3. The Kier molecular flexibility index (Phi) is 11.3. The molecule has 1 unspecified atom stereocenters. The van der Waals surface area contributed by atoms with Gasteiger partial charge in [0.15, 0.2) is 5.96 Å². The maximum absolute atomic E-state index is 13.1. The number of hydrogen-bond acceptors (Lipinski definition) is 4. The molecule has 1 atom stereocenters. The number of rotatable bonds is 11. The minimum Gasteiger partial charge on any atom is -0.396 e. The number of benzene rings is 1. The van der Waals surface area contributed by atoms with Gasteiger partial charge in [0.25, 0.3) is 0 Å². The highest BCUT2D eigenvalue weighted by molar-refractivity contribution is 5.81. The molecule has 1 amide bonds. The fraction of sp³-hybridized carbons (Fsp3) is 0.667. The van der Waals surface area contributed by atoms with Crippen LogP contribution in [0.25, 0.3) is 0 Å². The molecule has 1 saturated heterocycles. The number of nitrogens with zero attached hydrogens (tertiary/aromatic N) is 3. The maximum Gasteiger partial charge on any atom is 0.224 e. The summed E-state index contributed by atoms with van der Waals surface area (Å²) in [6.07, 6.45) is 2.20. The molecular formula is C24H40FN5O2. The summed E-state index contributed by atoms with van der Waals surface area (Å²) in [7, 11) is 0. The topological polar surface area (TPSA) is 80.2 Å². The van der Waals surface area contributed by atoms with Gasteiger partial charge in [-0.25, -0.2) is 4.39 Å². The van der Waals surface area contributed by atoms with Crippen molar-refractivity contribution in [2.75, 3.05) is 57.3 Å². The molecule has 0 spiro atoms. The van der Waals surface area contributed by atoms with Gasteiger partial charge in [-0.2, -0.15) is 0 Å². The van der Waals surface area contributed by atoms with E-state index in [2.05, 4.69) is 34.4 Å². The number of nitrogens with one attached hydrogen (secondary N) is 2. The number of halogens is 1. The summed E-state index contributed by atoms with van der Waals surface area (Å²) in [5, 5.41) is 15.8. The van der Waals surface area contributed by atoms with Gasteiger partial charge in [-0.05, 0) is 55.9 Å². The van der Waals surface area contributed by atoms with Crippen molar-refractivity contribution in [2.24, 2.45) is 16.8 Å². The zero-order valence-electron chi connectivity index (χ0n) is 19.8. The first-order chi connectivity index (χ1) is 15.4. The molecule has 1 aromatic carbocycles. The number of carbonyl (C=O) groups is 1. The number of aliphatic hydroxyl groups excluding tert-OH is 1. The van der Waals surface area contributed by atoms with Crippen LogP contribution in [0.4, 0.5) is 10.1 Å². The first kappa shape index (κ1) is 25.9. The van der Waals surface area contributed by atoms with Crippen LogP contribution in [-0.4, -0.2) is 74.3 Å². The monoisotopic (exact) mass is 449 g/mol. The number of anilines is 1. The van der Waals surface area contributed by atoms with Gasteiger partial charge in [-0.1, -0.05) is 13.8 Å². The minimum absolute atomic E-state index is 0.130. The molecule has 1 aliphatic heterocycles. The van der Waals surface area contributed by atoms with E-state index >= 15 is 0 Å². The molecule has 3 N–H and O–H groups in total. The van der Waals surface area contributed by atoms with Gasteiger partial charge < -0.3 is 25.5 Å². The number of aliphatic imine (C=N–C) groups is 1. The van der Waals surface area contributed by atoms with E-state index in [1.54, 1.807) is 12.1 Å². The van der Waals surface area contributed by atoms with Crippen LogP contribution < -0.4 is 15.5 Å². The lowest BCUT2D eigenvalue weighted by molar-refractivity contribution is -0.131. The van der Waals surface area contributed by atoms with E-state index in [0.29, 0.717) is 50.4 Å². The van der Waals surface area contributed by atoms with E-state index in [9.17, 15) is 14.3 Å². The normalized spacial score (nSPS) is 15.8. The van der Waals surface area contributed by atoms with Gasteiger partial charge in [-0.3, -0.25) is 9.79 Å². The van der Waals surface area contributed by atoms with Crippen LogP contribution in [0.5, 0.6) is 0 Å². The van der Waals surface area contributed by atoms with E-state index < -0.39 is 0 Å². The Labute approximate surface area is 192 Å². The first-order valence-corrected chi connectivity index (χ1v) is 11.8. The molecule has 0 radical (unpaired) electrons. The molecule has 0 saturated carbocycles. The van der Waals surface area contributed by atoms with Crippen LogP contribution in [0.1, 0.15) is 40.0 Å². The van der Waals surface area contributed by atoms with Crippen molar-refractivity contribution in [1.82, 2.24) is 15.5 Å². The van der Waals surface area contributed by atoms with Crippen LogP contribution in [0.15, 0.2) is 29.3 Å². The van der Waals surface area contributed by atoms with Gasteiger partial charge in [-0.15, -0.1) is 0 Å².